The monoisotopic (exact) mass is 256 g/mol. The molecular weight excluding hydrogens is 232 g/mol. The van der Waals surface area contributed by atoms with Crippen molar-refractivity contribution < 1.29 is 9.90 Å². The van der Waals surface area contributed by atoms with E-state index in [0.717, 1.165) is 58.9 Å². The van der Waals surface area contributed by atoms with Crippen molar-refractivity contribution in [3.63, 3.8) is 0 Å². The number of nitrogens with zero attached hydrogens (tertiary/aromatic N) is 3. The second-order valence-electron chi connectivity index (χ2n) is 4.97. The Labute approximate surface area is 109 Å². The molecular formula is C12H24N4O2. The summed E-state index contributed by atoms with van der Waals surface area (Å²) in [6.45, 7) is 8.75. The molecule has 0 spiro atoms. The van der Waals surface area contributed by atoms with Crippen LogP contribution in [0.2, 0.25) is 0 Å². The maximum atomic E-state index is 12.1. The summed E-state index contributed by atoms with van der Waals surface area (Å²) >= 11 is 0. The van der Waals surface area contributed by atoms with Gasteiger partial charge in [-0.05, 0) is 0 Å². The van der Waals surface area contributed by atoms with Gasteiger partial charge in [0, 0.05) is 58.9 Å². The lowest BCUT2D eigenvalue weighted by Crippen LogP contribution is -2.53. The number of amides is 1. The zero-order valence-corrected chi connectivity index (χ0v) is 11.0. The normalized spacial score (nSPS) is 23.3. The highest BCUT2D eigenvalue weighted by atomic mass is 16.3. The fourth-order valence-electron chi connectivity index (χ4n) is 2.52. The van der Waals surface area contributed by atoms with Crippen LogP contribution in [0.4, 0.5) is 0 Å². The van der Waals surface area contributed by atoms with E-state index in [0.29, 0.717) is 6.54 Å². The lowest BCUT2D eigenvalue weighted by Gasteiger charge is -2.36. The fraction of sp³-hybridized carbons (Fsp3) is 0.917. The van der Waals surface area contributed by atoms with E-state index in [1.54, 1.807) is 0 Å². The number of aliphatic hydroxyl groups excluding tert-OH is 1. The smallest absolute Gasteiger partial charge is 0.236 e. The van der Waals surface area contributed by atoms with Gasteiger partial charge in [-0.2, -0.15) is 0 Å². The molecule has 0 aromatic heterocycles. The molecule has 2 aliphatic rings. The van der Waals surface area contributed by atoms with E-state index in [1.807, 2.05) is 4.90 Å². The Balaban J connectivity index is 1.70. The van der Waals surface area contributed by atoms with Crippen LogP contribution in [-0.4, -0.2) is 97.8 Å². The Hall–Kier alpha value is -0.690. The fourth-order valence-corrected chi connectivity index (χ4v) is 2.52. The largest absolute Gasteiger partial charge is 0.395 e. The Morgan fingerprint density at radius 3 is 2.28 bits per heavy atom. The van der Waals surface area contributed by atoms with Crippen LogP contribution in [0.25, 0.3) is 0 Å². The number of carbonyl (C=O) groups excluding carboxylic acids is 1. The van der Waals surface area contributed by atoms with Gasteiger partial charge in [0.05, 0.1) is 13.2 Å². The summed E-state index contributed by atoms with van der Waals surface area (Å²) in [5.41, 5.74) is 0. The maximum absolute atomic E-state index is 12.1. The van der Waals surface area contributed by atoms with Gasteiger partial charge < -0.3 is 15.3 Å². The number of aliphatic hydroxyl groups is 1. The summed E-state index contributed by atoms with van der Waals surface area (Å²) in [6.07, 6.45) is 0. The first-order chi connectivity index (χ1) is 8.79. The predicted octanol–water partition coefficient (Wildman–Crippen LogP) is -1.97. The molecule has 2 N–H and O–H groups in total. The Kier molecular flexibility index (Phi) is 5.37. The third-order valence-corrected chi connectivity index (χ3v) is 3.71. The van der Waals surface area contributed by atoms with Gasteiger partial charge in [0.2, 0.25) is 5.91 Å². The van der Waals surface area contributed by atoms with Crippen LogP contribution >= 0.6 is 0 Å². The molecule has 0 bridgehead atoms. The van der Waals surface area contributed by atoms with E-state index < -0.39 is 0 Å². The van der Waals surface area contributed by atoms with Gasteiger partial charge >= 0.3 is 0 Å². The molecule has 2 heterocycles. The molecule has 2 aliphatic heterocycles. The summed E-state index contributed by atoms with van der Waals surface area (Å²) in [6, 6.07) is 0. The highest BCUT2D eigenvalue weighted by Crippen LogP contribution is 2.03. The minimum Gasteiger partial charge on any atom is -0.395 e. The van der Waals surface area contributed by atoms with Crippen molar-refractivity contribution >= 4 is 5.91 Å². The average Bonchev–Trinajstić information content (AvgIpc) is 2.41. The Bertz CT molecular complexity index is 261. The number of rotatable bonds is 4. The van der Waals surface area contributed by atoms with Gasteiger partial charge in [-0.1, -0.05) is 0 Å². The molecule has 6 heteroatoms. The van der Waals surface area contributed by atoms with Crippen LogP contribution in [0.5, 0.6) is 0 Å². The first-order valence-electron chi connectivity index (χ1n) is 6.83. The second-order valence-corrected chi connectivity index (χ2v) is 4.97. The third kappa shape index (κ3) is 3.91. The predicted molar refractivity (Wildman–Crippen MR) is 69.4 cm³/mol. The van der Waals surface area contributed by atoms with Crippen LogP contribution in [-0.2, 0) is 4.79 Å². The van der Waals surface area contributed by atoms with E-state index in [-0.39, 0.29) is 12.5 Å². The lowest BCUT2D eigenvalue weighted by atomic mass is 10.3. The van der Waals surface area contributed by atoms with Crippen LogP contribution in [0.15, 0.2) is 0 Å². The van der Waals surface area contributed by atoms with Crippen molar-refractivity contribution in [2.24, 2.45) is 0 Å². The summed E-state index contributed by atoms with van der Waals surface area (Å²) < 4.78 is 0. The van der Waals surface area contributed by atoms with Gasteiger partial charge in [-0.25, -0.2) is 0 Å². The summed E-state index contributed by atoms with van der Waals surface area (Å²) in [4.78, 5) is 18.5. The molecule has 2 fully saturated rings. The summed E-state index contributed by atoms with van der Waals surface area (Å²) in [7, 11) is 0. The van der Waals surface area contributed by atoms with Crippen molar-refractivity contribution in [2.45, 2.75) is 0 Å². The summed E-state index contributed by atoms with van der Waals surface area (Å²) in [5.74, 6) is 0.251. The Morgan fingerprint density at radius 1 is 1.00 bits per heavy atom. The van der Waals surface area contributed by atoms with Crippen molar-refractivity contribution in [1.82, 2.24) is 20.0 Å². The molecule has 0 radical (unpaired) electrons. The molecule has 1 amide bonds. The SMILES string of the molecule is O=C(CN1CCNCC1)N1CCN(CCO)CC1. The molecule has 0 aromatic rings. The third-order valence-electron chi connectivity index (χ3n) is 3.71. The average molecular weight is 256 g/mol. The number of carbonyl (C=O) groups is 1. The highest BCUT2D eigenvalue weighted by molar-refractivity contribution is 5.78. The van der Waals surface area contributed by atoms with Crippen molar-refractivity contribution in [2.75, 3.05) is 72.1 Å². The van der Waals surface area contributed by atoms with E-state index in [4.69, 9.17) is 5.11 Å². The van der Waals surface area contributed by atoms with Gasteiger partial charge in [-0.15, -0.1) is 0 Å². The van der Waals surface area contributed by atoms with Crippen LogP contribution in [0, 0.1) is 0 Å². The van der Waals surface area contributed by atoms with E-state index >= 15 is 0 Å². The second kappa shape index (κ2) is 7.04. The first kappa shape index (κ1) is 13.7. The molecule has 0 aliphatic carbocycles. The molecule has 0 unspecified atom stereocenters. The standard InChI is InChI=1S/C12H24N4O2/c17-10-9-14-5-7-16(8-6-14)12(18)11-15-3-1-13-2-4-15/h13,17H,1-11H2. The van der Waals surface area contributed by atoms with E-state index in [9.17, 15) is 4.79 Å². The number of β-amino-alcohol motifs (C(OH)–C–C–N with tert-alkyl or cyclic N) is 1. The molecule has 0 aromatic carbocycles. The molecule has 104 valence electrons. The zero-order valence-electron chi connectivity index (χ0n) is 11.0. The maximum Gasteiger partial charge on any atom is 0.236 e. The topological polar surface area (TPSA) is 59.1 Å². The molecule has 2 saturated heterocycles. The van der Waals surface area contributed by atoms with Crippen LogP contribution < -0.4 is 5.32 Å². The first-order valence-corrected chi connectivity index (χ1v) is 6.83. The van der Waals surface area contributed by atoms with Gasteiger partial charge in [0.15, 0.2) is 0 Å². The molecule has 2 rings (SSSR count). The summed E-state index contributed by atoms with van der Waals surface area (Å²) in [5, 5.41) is 12.2. The van der Waals surface area contributed by atoms with Crippen LogP contribution in [0.3, 0.4) is 0 Å². The highest BCUT2D eigenvalue weighted by Gasteiger charge is 2.22. The van der Waals surface area contributed by atoms with Gasteiger partial charge in [-0.3, -0.25) is 14.6 Å². The van der Waals surface area contributed by atoms with Gasteiger partial charge in [0.1, 0.15) is 0 Å². The minimum absolute atomic E-state index is 0.203. The van der Waals surface area contributed by atoms with E-state index in [2.05, 4.69) is 15.1 Å². The van der Waals surface area contributed by atoms with Crippen molar-refractivity contribution in [3.05, 3.63) is 0 Å². The molecule has 6 nitrogen and oxygen atoms in total. The Morgan fingerprint density at radius 2 is 1.67 bits per heavy atom. The van der Waals surface area contributed by atoms with E-state index in [1.165, 1.54) is 0 Å². The number of nitrogens with one attached hydrogen (secondary N) is 1. The number of piperazine rings is 2. The quantitative estimate of drug-likeness (QED) is 0.611. The number of hydrogen-bond acceptors (Lipinski definition) is 5. The molecule has 0 saturated carbocycles. The number of hydrogen-bond donors (Lipinski definition) is 2. The lowest BCUT2D eigenvalue weighted by molar-refractivity contribution is -0.134. The molecule has 0 atom stereocenters. The van der Waals surface area contributed by atoms with Crippen molar-refractivity contribution in [1.29, 1.82) is 0 Å². The van der Waals surface area contributed by atoms with Crippen LogP contribution in [0.1, 0.15) is 0 Å². The molecule has 18 heavy (non-hydrogen) atoms. The van der Waals surface area contributed by atoms with Gasteiger partial charge in [0.25, 0.3) is 0 Å². The zero-order chi connectivity index (χ0) is 12.8. The van der Waals surface area contributed by atoms with Crippen molar-refractivity contribution in [3.8, 4) is 0 Å². The minimum atomic E-state index is 0.203.